The standard InChI is InChI=1S/C18H24F2N2O/c1-11-8-13(10-22(11)14-3-4-14)21-17-6-7-23-18(17)12-2-5-15(19)16(20)9-12/h2,5,9,11,13-14,17-18,21H,3-4,6-8,10H2,1H3/t11-,13+,17-,18-/m1/s1. The van der Waals surface area contributed by atoms with Crippen LogP contribution >= 0.6 is 0 Å². The first-order chi connectivity index (χ1) is 11.1. The maximum atomic E-state index is 13.5. The monoisotopic (exact) mass is 322 g/mol. The summed E-state index contributed by atoms with van der Waals surface area (Å²) in [6.45, 7) is 4.06. The Morgan fingerprint density at radius 2 is 2.00 bits per heavy atom. The molecule has 2 saturated heterocycles. The molecule has 0 amide bonds. The van der Waals surface area contributed by atoms with Crippen LogP contribution in [0.15, 0.2) is 18.2 Å². The number of benzene rings is 1. The summed E-state index contributed by atoms with van der Waals surface area (Å²) in [7, 11) is 0. The van der Waals surface area contributed by atoms with Crippen molar-refractivity contribution in [3.8, 4) is 0 Å². The van der Waals surface area contributed by atoms with Crippen molar-refractivity contribution in [1.29, 1.82) is 0 Å². The summed E-state index contributed by atoms with van der Waals surface area (Å²) in [5, 5.41) is 3.72. The van der Waals surface area contributed by atoms with Gasteiger partial charge in [-0.15, -0.1) is 0 Å². The number of hydrogen-bond acceptors (Lipinski definition) is 3. The highest BCUT2D eigenvalue weighted by Gasteiger charge is 2.40. The molecule has 23 heavy (non-hydrogen) atoms. The van der Waals surface area contributed by atoms with Gasteiger partial charge in [0.15, 0.2) is 11.6 Å². The Bertz CT molecular complexity index is 578. The Morgan fingerprint density at radius 1 is 1.17 bits per heavy atom. The highest BCUT2D eigenvalue weighted by atomic mass is 19.2. The summed E-state index contributed by atoms with van der Waals surface area (Å²) in [5.74, 6) is -1.60. The summed E-state index contributed by atoms with van der Waals surface area (Å²) in [5.41, 5.74) is 0.726. The zero-order valence-electron chi connectivity index (χ0n) is 13.5. The van der Waals surface area contributed by atoms with Crippen LogP contribution in [0, 0.1) is 11.6 Å². The molecule has 3 aliphatic rings. The Labute approximate surface area is 136 Å². The minimum atomic E-state index is -0.805. The van der Waals surface area contributed by atoms with Crippen molar-refractivity contribution < 1.29 is 13.5 Å². The average Bonchev–Trinajstić information content (AvgIpc) is 3.16. The topological polar surface area (TPSA) is 24.5 Å². The fourth-order valence-electron chi connectivity index (χ4n) is 4.17. The molecule has 0 spiro atoms. The number of hydrogen-bond donors (Lipinski definition) is 1. The second-order valence-corrected chi connectivity index (χ2v) is 7.24. The molecule has 1 saturated carbocycles. The molecule has 1 aliphatic carbocycles. The van der Waals surface area contributed by atoms with E-state index in [2.05, 4.69) is 17.1 Å². The van der Waals surface area contributed by atoms with Crippen LogP contribution in [-0.2, 0) is 4.74 Å². The van der Waals surface area contributed by atoms with Crippen LogP contribution in [0.4, 0.5) is 8.78 Å². The van der Waals surface area contributed by atoms with Crippen LogP contribution < -0.4 is 5.32 Å². The lowest BCUT2D eigenvalue weighted by atomic mass is 10.0. The molecule has 5 heteroatoms. The smallest absolute Gasteiger partial charge is 0.159 e. The minimum Gasteiger partial charge on any atom is -0.372 e. The lowest BCUT2D eigenvalue weighted by Gasteiger charge is -2.24. The normalized spacial score (nSPS) is 35.1. The average molecular weight is 322 g/mol. The van der Waals surface area contributed by atoms with Gasteiger partial charge in [0.2, 0.25) is 0 Å². The predicted octanol–water partition coefficient (Wildman–Crippen LogP) is 3.01. The molecule has 1 aromatic rings. The second kappa shape index (κ2) is 6.11. The van der Waals surface area contributed by atoms with Crippen LogP contribution in [0.2, 0.25) is 0 Å². The highest BCUT2D eigenvalue weighted by Crippen LogP contribution is 2.35. The molecule has 0 radical (unpaired) electrons. The molecule has 4 rings (SSSR count). The van der Waals surface area contributed by atoms with E-state index < -0.39 is 11.6 Å². The van der Waals surface area contributed by atoms with E-state index in [4.69, 9.17) is 4.74 Å². The maximum absolute atomic E-state index is 13.5. The van der Waals surface area contributed by atoms with Gasteiger partial charge in [-0.2, -0.15) is 0 Å². The molecular formula is C18H24F2N2O. The van der Waals surface area contributed by atoms with Crippen LogP contribution in [0.3, 0.4) is 0 Å². The lowest BCUT2D eigenvalue weighted by molar-refractivity contribution is 0.0961. The summed E-state index contributed by atoms with van der Waals surface area (Å²) < 4.78 is 32.5. The summed E-state index contributed by atoms with van der Waals surface area (Å²) in [4.78, 5) is 2.61. The van der Waals surface area contributed by atoms with E-state index in [1.54, 1.807) is 6.07 Å². The van der Waals surface area contributed by atoms with E-state index in [1.807, 2.05) is 0 Å². The molecule has 4 atom stereocenters. The fraction of sp³-hybridized carbons (Fsp3) is 0.667. The fourth-order valence-corrected chi connectivity index (χ4v) is 4.17. The van der Waals surface area contributed by atoms with Gasteiger partial charge in [-0.25, -0.2) is 8.78 Å². The molecule has 1 aromatic carbocycles. The summed E-state index contributed by atoms with van der Waals surface area (Å²) in [6, 6.07) is 6.16. The van der Waals surface area contributed by atoms with E-state index in [-0.39, 0.29) is 12.1 Å². The number of nitrogens with one attached hydrogen (secondary N) is 1. The molecule has 0 aromatic heterocycles. The molecule has 126 valence electrons. The first-order valence-electron chi connectivity index (χ1n) is 8.70. The van der Waals surface area contributed by atoms with Crippen LogP contribution in [0.1, 0.15) is 44.3 Å². The molecule has 3 fully saturated rings. The molecule has 0 unspecified atom stereocenters. The highest BCUT2D eigenvalue weighted by molar-refractivity contribution is 5.22. The van der Waals surface area contributed by atoms with Crippen molar-refractivity contribution in [2.75, 3.05) is 13.2 Å². The third kappa shape index (κ3) is 3.14. The molecule has 1 N–H and O–H groups in total. The van der Waals surface area contributed by atoms with Crippen molar-refractivity contribution in [2.24, 2.45) is 0 Å². The van der Waals surface area contributed by atoms with E-state index >= 15 is 0 Å². The third-order valence-corrected chi connectivity index (χ3v) is 5.45. The summed E-state index contributed by atoms with van der Waals surface area (Å²) in [6.07, 6.45) is 4.55. The van der Waals surface area contributed by atoms with E-state index in [0.717, 1.165) is 31.0 Å². The zero-order chi connectivity index (χ0) is 16.0. The maximum Gasteiger partial charge on any atom is 0.159 e. The number of likely N-dealkylation sites (tertiary alicyclic amines) is 1. The van der Waals surface area contributed by atoms with Gasteiger partial charge in [-0.1, -0.05) is 6.07 Å². The van der Waals surface area contributed by atoms with Crippen LogP contribution in [0.25, 0.3) is 0 Å². The Morgan fingerprint density at radius 3 is 2.74 bits per heavy atom. The largest absolute Gasteiger partial charge is 0.372 e. The molecule has 3 nitrogen and oxygen atoms in total. The number of nitrogens with zero attached hydrogens (tertiary/aromatic N) is 1. The Kier molecular flexibility index (Phi) is 4.12. The molecular weight excluding hydrogens is 298 g/mol. The molecule has 2 aliphatic heterocycles. The number of rotatable bonds is 4. The number of ether oxygens (including phenoxy) is 1. The van der Waals surface area contributed by atoms with Crippen molar-refractivity contribution in [3.63, 3.8) is 0 Å². The minimum absolute atomic E-state index is 0.177. The SMILES string of the molecule is C[C@@H]1C[C@H](N[C@@H]2CCO[C@@H]2c2ccc(F)c(F)c2)CN1C1CC1. The van der Waals surface area contributed by atoms with Gasteiger partial charge in [0, 0.05) is 37.3 Å². The van der Waals surface area contributed by atoms with Gasteiger partial charge in [0.25, 0.3) is 0 Å². The quantitative estimate of drug-likeness (QED) is 0.922. The van der Waals surface area contributed by atoms with E-state index in [0.29, 0.717) is 18.7 Å². The van der Waals surface area contributed by atoms with Gasteiger partial charge in [0.1, 0.15) is 0 Å². The van der Waals surface area contributed by atoms with Gasteiger partial charge >= 0.3 is 0 Å². The summed E-state index contributed by atoms with van der Waals surface area (Å²) >= 11 is 0. The Balaban J connectivity index is 1.42. The Hall–Kier alpha value is -1.04. The van der Waals surface area contributed by atoms with Gasteiger partial charge in [-0.05, 0) is 50.3 Å². The third-order valence-electron chi connectivity index (χ3n) is 5.45. The predicted molar refractivity (Wildman–Crippen MR) is 84.2 cm³/mol. The molecule has 2 heterocycles. The van der Waals surface area contributed by atoms with E-state index in [1.165, 1.54) is 25.0 Å². The van der Waals surface area contributed by atoms with Gasteiger partial charge in [0.05, 0.1) is 6.10 Å². The van der Waals surface area contributed by atoms with Crippen molar-refractivity contribution in [3.05, 3.63) is 35.4 Å². The lowest BCUT2D eigenvalue weighted by Crippen LogP contribution is -2.41. The van der Waals surface area contributed by atoms with Crippen LogP contribution in [0.5, 0.6) is 0 Å². The number of halogens is 2. The van der Waals surface area contributed by atoms with Crippen molar-refractivity contribution >= 4 is 0 Å². The van der Waals surface area contributed by atoms with Crippen molar-refractivity contribution in [2.45, 2.75) is 62.9 Å². The zero-order valence-corrected chi connectivity index (χ0v) is 13.5. The second-order valence-electron chi connectivity index (χ2n) is 7.24. The van der Waals surface area contributed by atoms with Gasteiger partial charge < -0.3 is 10.1 Å². The van der Waals surface area contributed by atoms with Crippen molar-refractivity contribution in [1.82, 2.24) is 10.2 Å². The molecule has 0 bridgehead atoms. The first-order valence-corrected chi connectivity index (χ1v) is 8.70. The van der Waals surface area contributed by atoms with Gasteiger partial charge in [-0.3, -0.25) is 4.90 Å². The first kappa shape index (κ1) is 15.5. The van der Waals surface area contributed by atoms with Crippen LogP contribution in [-0.4, -0.2) is 42.2 Å². The van der Waals surface area contributed by atoms with E-state index in [9.17, 15) is 8.78 Å².